The number of nitrogens with zero attached hydrogens (tertiary/aromatic N) is 1. The number of carbonyl (C=O) groups excluding carboxylic acids is 1. The minimum Gasteiger partial charge on any atom is -0.352 e. The second kappa shape index (κ2) is 4.81. The van der Waals surface area contributed by atoms with E-state index in [4.69, 9.17) is 0 Å². The van der Waals surface area contributed by atoms with E-state index in [-0.39, 0.29) is 6.04 Å². The first-order chi connectivity index (χ1) is 7.81. The Bertz CT molecular complexity index is 386. The van der Waals surface area contributed by atoms with Gasteiger partial charge in [0.1, 0.15) is 0 Å². The predicted octanol–water partition coefficient (Wildman–Crippen LogP) is 1.33. The van der Waals surface area contributed by atoms with Crippen LogP contribution >= 0.6 is 0 Å². The van der Waals surface area contributed by atoms with Crippen LogP contribution in [0.1, 0.15) is 18.5 Å². The Morgan fingerprint density at radius 1 is 1.44 bits per heavy atom. The Morgan fingerprint density at radius 2 is 2.19 bits per heavy atom. The average molecular weight is 217 g/mol. The third-order valence-corrected chi connectivity index (χ3v) is 2.62. The van der Waals surface area contributed by atoms with Crippen LogP contribution in [-0.2, 0) is 4.79 Å². The third kappa shape index (κ3) is 2.23. The number of carbonyl (C=O) groups is 1. The molecule has 4 heteroatoms. The normalized spacial score (nSPS) is 16.2. The SMILES string of the molecule is C[C@@H](NC=O)c1ccc(N2C=CCN2)cc1. The molecule has 1 heterocycles. The molecule has 0 unspecified atom stereocenters. The summed E-state index contributed by atoms with van der Waals surface area (Å²) in [4.78, 5) is 10.3. The molecule has 1 aromatic rings. The lowest BCUT2D eigenvalue weighted by Crippen LogP contribution is -2.28. The summed E-state index contributed by atoms with van der Waals surface area (Å²) in [6.45, 7) is 2.82. The van der Waals surface area contributed by atoms with Crippen LogP contribution < -0.4 is 15.8 Å². The monoisotopic (exact) mass is 217 g/mol. The number of benzene rings is 1. The Labute approximate surface area is 94.9 Å². The maximum absolute atomic E-state index is 10.3. The van der Waals surface area contributed by atoms with Gasteiger partial charge < -0.3 is 5.32 Å². The molecule has 2 rings (SSSR count). The lowest BCUT2D eigenvalue weighted by atomic mass is 10.1. The van der Waals surface area contributed by atoms with E-state index in [1.54, 1.807) is 0 Å². The summed E-state index contributed by atoms with van der Waals surface area (Å²) in [6.07, 6.45) is 4.79. The Morgan fingerprint density at radius 3 is 2.75 bits per heavy atom. The van der Waals surface area contributed by atoms with Crippen LogP contribution in [0.4, 0.5) is 5.69 Å². The molecule has 0 aromatic heterocycles. The third-order valence-electron chi connectivity index (χ3n) is 2.62. The zero-order valence-electron chi connectivity index (χ0n) is 9.18. The summed E-state index contributed by atoms with van der Waals surface area (Å²) in [6, 6.07) is 8.14. The average Bonchev–Trinajstić information content (AvgIpc) is 2.83. The highest BCUT2D eigenvalue weighted by atomic mass is 16.1. The van der Waals surface area contributed by atoms with Gasteiger partial charge in [-0.25, -0.2) is 5.43 Å². The molecule has 2 N–H and O–H groups in total. The molecule has 0 fully saturated rings. The molecule has 84 valence electrons. The molecule has 0 saturated heterocycles. The van der Waals surface area contributed by atoms with Crippen LogP contribution in [-0.4, -0.2) is 13.0 Å². The van der Waals surface area contributed by atoms with Crippen molar-refractivity contribution in [1.82, 2.24) is 10.7 Å². The van der Waals surface area contributed by atoms with Crippen LogP contribution in [0.15, 0.2) is 36.5 Å². The van der Waals surface area contributed by atoms with E-state index in [0.717, 1.165) is 24.2 Å². The largest absolute Gasteiger partial charge is 0.352 e. The maximum atomic E-state index is 10.3. The van der Waals surface area contributed by atoms with Gasteiger partial charge in [0.05, 0.1) is 11.7 Å². The molecule has 1 aromatic carbocycles. The summed E-state index contributed by atoms with van der Waals surface area (Å²) < 4.78 is 0. The highest BCUT2D eigenvalue weighted by Crippen LogP contribution is 2.19. The number of hydrazine groups is 1. The van der Waals surface area contributed by atoms with E-state index in [2.05, 4.69) is 16.8 Å². The van der Waals surface area contributed by atoms with Crippen molar-refractivity contribution in [1.29, 1.82) is 0 Å². The maximum Gasteiger partial charge on any atom is 0.207 e. The molecule has 4 nitrogen and oxygen atoms in total. The fourth-order valence-electron chi connectivity index (χ4n) is 1.66. The van der Waals surface area contributed by atoms with Gasteiger partial charge in [-0.05, 0) is 24.6 Å². The minimum absolute atomic E-state index is 0.0497. The number of amides is 1. The van der Waals surface area contributed by atoms with E-state index < -0.39 is 0 Å². The first-order valence-electron chi connectivity index (χ1n) is 5.30. The Kier molecular flexibility index (Phi) is 3.22. The van der Waals surface area contributed by atoms with Gasteiger partial charge in [-0.2, -0.15) is 0 Å². The van der Waals surface area contributed by atoms with Crippen molar-refractivity contribution in [2.75, 3.05) is 11.6 Å². The molecule has 0 aliphatic carbocycles. The second-order valence-electron chi connectivity index (χ2n) is 3.71. The molecule has 1 aliphatic heterocycles. The summed E-state index contributed by atoms with van der Waals surface area (Å²) in [7, 11) is 0. The number of nitrogens with one attached hydrogen (secondary N) is 2. The molecule has 1 amide bonds. The zero-order valence-corrected chi connectivity index (χ0v) is 9.18. The fraction of sp³-hybridized carbons (Fsp3) is 0.250. The second-order valence-corrected chi connectivity index (χ2v) is 3.71. The highest BCUT2D eigenvalue weighted by Gasteiger charge is 2.07. The van der Waals surface area contributed by atoms with Gasteiger partial charge in [0.15, 0.2) is 0 Å². The standard InChI is InChI=1S/C12H15N3O/c1-10(13-9-16)11-3-5-12(6-4-11)15-8-2-7-14-15/h2-6,8-10,14H,7H2,1H3,(H,13,16)/t10-/m1/s1. The van der Waals surface area contributed by atoms with Gasteiger partial charge in [-0.15, -0.1) is 0 Å². The van der Waals surface area contributed by atoms with Crippen molar-refractivity contribution >= 4 is 12.1 Å². The van der Waals surface area contributed by atoms with Crippen molar-refractivity contribution < 1.29 is 4.79 Å². The first-order valence-corrected chi connectivity index (χ1v) is 5.30. The molecule has 0 saturated carbocycles. The van der Waals surface area contributed by atoms with Crippen molar-refractivity contribution in [2.24, 2.45) is 0 Å². The van der Waals surface area contributed by atoms with E-state index in [9.17, 15) is 4.79 Å². The fourth-order valence-corrected chi connectivity index (χ4v) is 1.66. The molecule has 0 bridgehead atoms. The van der Waals surface area contributed by atoms with Gasteiger partial charge in [0.2, 0.25) is 6.41 Å². The number of rotatable bonds is 4. The van der Waals surface area contributed by atoms with Crippen molar-refractivity contribution in [3.63, 3.8) is 0 Å². The molecule has 0 spiro atoms. The van der Waals surface area contributed by atoms with Gasteiger partial charge in [-0.1, -0.05) is 18.2 Å². The van der Waals surface area contributed by atoms with Crippen molar-refractivity contribution in [3.05, 3.63) is 42.1 Å². The smallest absolute Gasteiger partial charge is 0.207 e. The first kappa shape index (κ1) is 10.7. The lowest BCUT2D eigenvalue weighted by molar-refractivity contribution is -0.110. The molecule has 1 atom stereocenters. The number of anilines is 1. The van der Waals surface area contributed by atoms with Crippen LogP contribution in [0.25, 0.3) is 0 Å². The number of hydrogen-bond donors (Lipinski definition) is 2. The van der Waals surface area contributed by atoms with E-state index in [0.29, 0.717) is 0 Å². The van der Waals surface area contributed by atoms with Gasteiger partial charge >= 0.3 is 0 Å². The predicted molar refractivity (Wildman–Crippen MR) is 63.7 cm³/mol. The summed E-state index contributed by atoms with van der Waals surface area (Å²) >= 11 is 0. The van der Waals surface area contributed by atoms with Gasteiger partial charge in [0.25, 0.3) is 0 Å². The van der Waals surface area contributed by atoms with Gasteiger partial charge in [0, 0.05) is 12.7 Å². The van der Waals surface area contributed by atoms with Crippen LogP contribution in [0.3, 0.4) is 0 Å². The molecule has 16 heavy (non-hydrogen) atoms. The zero-order chi connectivity index (χ0) is 11.4. The van der Waals surface area contributed by atoms with Crippen LogP contribution in [0.5, 0.6) is 0 Å². The Hall–Kier alpha value is -1.81. The molecular weight excluding hydrogens is 202 g/mol. The van der Waals surface area contributed by atoms with E-state index in [1.165, 1.54) is 0 Å². The highest BCUT2D eigenvalue weighted by molar-refractivity contribution is 5.52. The van der Waals surface area contributed by atoms with E-state index >= 15 is 0 Å². The van der Waals surface area contributed by atoms with Crippen LogP contribution in [0, 0.1) is 0 Å². The number of hydrogen-bond acceptors (Lipinski definition) is 3. The topological polar surface area (TPSA) is 44.4 Å². The lowest BCUT2D eigenvalue weighted by Gasteiger charge is -2.17. The summed E-state index contributed by atoms with van der Waals surface area (Å²) in [5.74, 6) is 0. The van der Waals surface area contributed by atoms with Gasteiger partial charge in [-0.3, -0.25) is 9.80 Å². The molecule has 1 aliphatic rings. The Balaban J connectivity index is 2.09. The summed E-state index contributed by atoms with van der Waals surface area (Å²) in [5.41, 5.74) is 5.39. The van der Waals surface area contributed by atoms with Crippen molar-refractivity contribution in [3.8, 4) is 0 Å². The molecular formula is C12H15N3O. The van der Waals surface area contributed by atoms with Crippen molar-refractivity contribution in [2.45, 2.75) is 13.0 Å². The minimum atomic E-state index is 0.0497. The van der Waals surface area contributed by atoms with E-state index in [1.807, 2.05) is 42.4 Å². The summed E-state index contributed by atoms with van der Waals surface area (Å²) in [5, 5.41) is 4.70. The van der Waals surface area contributed by atoms with Crippen LogP contribution in [0.2, 0.25) is 0 Å². The quantitative estimate of drug-likeness (QED) is 0.748. The molecule has 0 radical (unpaired) electrons.